The first kappa shape index (κ1) is 21.2. The monoisotopic (exact) mass is 409 g/mol. The van der Waals surface area contributed by atoms with Gasteiger partial charge < -0.3 is 20.5 Å². The number of aliphatic carboxylic acids is 2. The number of carbonyl (C=O) groups excluding carboxylic acids is 1. The number of aromatic amines is 1. The molecule has 0 aliphatic carbocycles. The second-order valence-electron chi connectivity index (χ2n) is 5.95. The molecule has 1 heterocycles. The minimum Gasteiger partial charge on any atom is -0.481 e. The van der Waals surface area contributed by atoms with Crippen LogP contribution in [0.4, 0.5) is 0 Å². The van der Waals surface area contributed by atoms with Crippen molar-refractivity contribution in [3.8, 4) is 0 Å². The van der Waals surface area contributed by atoms with E-state index in [4.69, 9.17) is 10.2 Å². The van der Waals surface area contributed by atoms with Crippen LogP contribution in [0.1, 0.15) is 18.9 Å². The van der Waals surface area contributed by atoms with E-state index in [9.17, 15) is 24.0 Å². The zero-order valence-corrected chi connectivity index (χ0v) is 15.7. The Morgan fingerprint density at radius 3 is 2.50 bits per heavy atom. The third kappa shape index (κ3) is 4.80. The molecule has 0 aliphatic heterocycles. The van der Waals surface area contributed by atoms with Gasteiger partial charge >= 0.3 is 17.6 Å². The van der Waals surface area contributed by atoms with Gasteiger partial charge in [-0.3, -0.25) is 14.4 Å². The van der Waals surface area contributed by atoms with Crippen molar-refractivity contribution in [2.24, 2.45) is 0 Å². The van der Waals surface area contributed by atoms with Crippen LogP contribution in [0, 0.1) is 0 Å². The normalized spacial score (nSPS) is 13.0. The highest BCUT2D eigenvalue weighted by Gasteiger charge is 2.30. The number of benzene rings is 1. The van der Waals surface area contributed by atoms with Crippen molar-refractivity contribution >= 4 is 40.5 Å². The standard InChI is InChI=1S/C17H19N3O7S/c1-28-7-6-12(14(23)18-11(16(25)26)8-13(21)22)20-15(24)9-4-2-3-5-10(9)19-17(20)27/h2-5,11-12H,6-8H2,1H3,(H,18,23)(H,19,27)(H,21,22)(H,25,26). The van der Waals surface area contributed by atoms with Gasteiger partial charge in [-0.25, -0.2) is 14.2 Å². The number of rotatable bonds is 9. The lowest BCUT2D eigenvalue weighted by Gasteiger charge is -2.21. The largest absolute Gasteiger partial charge is 0.481 e. The van der Waals surface area contributed by atoms with Crippen molar-refractivity contribution in [3.63, 3.8) is 0 Å². The predicted octanol–water partition coefficient (Wildman–Crippen LogP) is 0.0281. The molecule has 2 atom stereocenters. The van der Waals surface area contributed by atoms with Crippen molar-refractivity contribution in [2.75, 3.05) is 12.0 Å². The van der Waals surface area contributed by atoms with E-state index in [1.54, 1.807) is 24.5 Å². The van der Waals surface area contributed by atoms with E-state index < -0.39 is 47.6 Å². The predicted molar refractivity (Wildman–Crippen MR) is 103 cm³/mol. The summed E-state index contributed by atoms with van der Waals surface area (Å²) in [7, 11) is 0. The number of fused-ring (bicyclic) bond motifs is 1. The number of H-pyrrole nitrogens is 1. The number of nitrogens with one attached hydrogen (secondary N) is 2. The minimum atomic E-state index is -1.68. The first-order chi connectivity index (χ1) is 13.3. The van der Waals surface area contributed by atoms with Gasteiger partial charge in [0.05, 0.1) is 17.3 Å². The minimum absolute atomic E-state index is 0.0771. The van der Waals surface area contributed by atoms with Gasteiger partial charge in [0.15, 0.2) is 0 Å². The summed E-state index contributed by atoms with van der Waals surface area (Å²) in [5, 5.41) is 20.3. The molecule has 2 rings (SSSR count). The summed E-state index contributed by atoms with van der Waals surface area (Å²) in [5.74, 6) is -3.44. The second-order valence-corrected chi connectivity index (χ2v) is 6.93. The molecule has 0 aliphatic rings. The quantitative estimate of drug-likeness (QED) is 0.451. The average Bonchev–Trinajstić information content (AvgIpc) is 2.63. The van der Waals surface area contributed by atoms with Gasteiger partial charge in [-0.15, -0.1) is 0 Å². The Morgan fingerprint density at radius 1 is 1.21 bits per heavy atom. The number of amides is 1. The van der Waals surface area contributed by atoms with E-state index in [1.807, 2.05) is 0 Å². The van der Waals surface area contributed by atoms with Gasteiger partial charge in [-0.2, -0.15) is 11.8 Å². The fourth-order valence-corrected chi connectivity index (χ4v) is 3.17. The molecule has 0 saturated carbocycles. The van der Waals surface area contributed by atoms with E-state index in [-0.39, 0.29) is 11.8 Å². The maximum atomic E-state index is 12.8. The number of thioether (sulfide) groups is 1. The van der Waals surface area contributed by atoms with Crippen LogP contribution < -0.4 is 16.6 Å². The highest BCUT2D eigenvalue weighted by molar-refractivity contribution is 7.98. The smallest absolute Gasteiger partial charge is 0.329 e. The molecule has 1 aromatic heterocycles. The molecule has 0 saturated heterocycles. The fraction of sp³-hybridized carbons (Fsp3) is 0.353. The van der Waals surface area contributed by atoms with Crippen molar-refractivity contribution in [3.05, 3.63) is 45.1 Å². The summed E-state index contributed by atoms with van der Waals surface area (Å²) in [6.45, 7) is 0. The number of carboxylic acid groups (broad SMARTS) is 2. The van der Waals surface area contributed by atoms with Crippen molar-refractivity contribution in [2.45, 2.75) is 24.9 Å². The molecular weight excluding hydrogens is 390 g/mol. The molecule has 10 nitrogen and oxygen atoms in total. The first-order valence-electron chi connectivity index (χ1n) is 8.23. The van der Waals surface area contributed by atoms with Crippen molar-refractivity contribution in [1.29, 1.82) is 0 Å². The maximum Gasteiger partial charge on any atom is 0.329 e. The topological polar surface area (TPSA) is 159 Å². The van der Waals surface area contributed by atoms with Crippen LogP contribution >= 0.6 is 11.8 Å². The number of nitrogens with zero attached hydrogens (tertiary/aromatic N) is 1. The first-order valence-corrected chi connectivity index (χ1v) is 9.63. The van der Waals surface area contributed by atoms with Crippen molar-refractivity contribution in [1.82, 2.24) is 14.9 Å². The Hall–Kier alpha value is -3.08. The van der Waals surface area contributed by atoms with Gasteiger partial charge in [-0.05, 0) is 30.6 Å². The van der Waals surface area contributed by atoms with Gasteiger partial charge in [0.25, 0.3) is 5.56 Å². The van der Waals surface area contributed by atoms with Crippen LogP contribution in [-0.2, 0) is 14.4 Å². The Labute approximate surface area is 162 Å². The number of para-hydroxylation sites is 1. The lowest BCUT2D eigenvalue weighted by atomic mass is 10.1. The summed E-state index contributed by atoms with van der Waals surface area (Å²) >= 11 is 1.38. The van der Waals surface area contributed by atoms with Crippen LogP contribution in [0.15, 0.2) is 33.9 Å². The Morgan fingerprint density at radius 2 is 1.89 bits per heavy atom. The highest BCUT2D eigenvalue weighted by atomic mass is 32.2. The number of hydrogen-bond acceptors (Lipinski definition) is 6. The summed E-state index contributed by atoms with van der Waals surface area (Å²) in [4.78, 5) is 62.6. The lowest BCUT2D eigenvalue weighted by Crippen LogP contribution is -2.49. The summed E-state index contributed by atoms with van der Waals surface area (Å²) < 4.78 is 0.744. The van der Waals surface area contributed by atoms with E-state index in [1.165, 1.54) is 17.8 Å². The van der Waals surface area contributed by atoms with Crippen molar-refractivity contribution < 1.29 is 24.6 Å². The molecule has 28 heavy (non-hydrogen) atoms. The Balaban J connectivity index is 2.49. The second kappa shape index (κ2) is 9.22. The molecule has 0 bridgehead atoms. The molecule has 4 N–H and O–H groups in total. The zero-order valence-electron chi connectivity index (χ0n) is 14.9. The molecular formula is C17H19N3O7S. The summed E-state index contributed by atoms with van der Waals surface area (Å²) in [6.07, 6.45) is 1.01. The van der Waals surface area contributed by atoms with Gasteiger partial charge in [0, 0.05) is 0 Å². The number of hydrogen-bond donors (Lipinski definition) is 4. The molecule has 0 radical (unpaired) electrons. The summed E-state index contributed by atoms with van der Waals surface area (Å²) in [6, 6.07) is 3.33. The van der Waals surface area contributed by atoms with E-state index in [2.05, 4.69) is 10.3 Å². The van der Waals surface area contributed by atoms with Gasteiger partial charge in [0.2, 0.25) is 5.91 Å². The molecule has 11 heteroatoms. The Bertz CT molecular complexity index is 1010. The summed E-state index contributed by atoms with van der Waals surface area (Å²) in [5.41, 5.74) is -1.19. The van der Waals surface area contributed by atoms with Gasteiger partial charge in [0.1, 0.15) is 12.1 Å². The fourth-order valence-electron chi connectivity index (χ4n) is 2.71. The van der Waals surface area contributed by atoms with E-state index in [0.29, 0.717) is 11.3 Å². The Kier molecular flexibility index (Phi) is 6.99. The molecule has 1 aromatic carbocycles. The third-order valence-electron chi connectivity index (χ3n) is 4.04. The molecule has 150 valence electrons. The van der Waals surface area contributed by atoms with E-state index >= 15 is 0 Å². The maximum absolute atomic E-state index is 12.8. The van der Waals surface area contributed by atoms with Crippen LogP contribution in [0.5, 0.6) is 0 Å². The van der Waals surface area contributed by atoms with Crippen LogP contribution in [-0.4, -0.2) is 55.7 Å². The number of carboxylic acids is 2. The number of carbonyl (C=O) groups is 3. The van der Waals surface area contributed by atoms with Crippen LogP contribution in [0.3, 0.4) is 0 Å². The van der Waals surface area contributed by atoms with Crippen LogP contribution in [0.2, 0.25) is 0 Å². The van der Waals surface area contributed by atoms with E-state index in [0.717, 1.165) is 4.57 Å². The zero-order chi connectivity index (χ0) is 20.8. The molecule has 2 aromatic rings. The molecule has 0 spiro atoms. The lowest BCUT2D eigenvalue weighted by molar-refractivity contribution is -0.147. The average molecular weight is 409 g/mol. The molecule has 0 fully saturated rings. The molecule has 2 unspecified atom stereocenters. The highest BCUT2D eigenvalue weighted by Crippen LogP contribution is 2.14. The molecule has 1 amide bonds. The van der Waals surface area contributed by atoms with Crippen LogP contribution in [0.25, 0.3) is 10.9 Å². The third-order valence-corrected chi connectivity index (χ3v) is 4.68. The number of aromatic nitrogens is 2. The SMILES string of the molecule is CSCCC(C(=O)NC(CC(=O)O)C(=O)O)n1c(=O)[nH]c2ccccc2c1=O. The van der Waals surface area contributed by atoms with Gasteiger partial charge in [-0.1, -0.05) is 12.1 Å².